The molecule has 0 aromatic rings. The van der Waals surface area contributed by atoms with Gasteiger partial charge in [0.15, 0.2) is 0 Å². The number of carbonyl (C=O) groups excluding carboxylic acids is 1. The first-order valence-electron chi connectivity index (χ1n) is 4.48. The lowest BCUT2D eigenvalue weighted by Gasteiger charge is -2.06. The molecule has 0 radical (unpaired) electrons. The molecule has 15 heavy (non-hydrogen) atoms. The Morgan fingerprint density at radius 2 is 2.00 bits per heavy atom. The third-order valence-corrected chi connectivity index (χ3v) is 1.35. The Balaban J connectivity index is 3.55. The summed E-state index contributed by atoms with van der Waals surface area (Å²) in [6.07, 6.45) is 2.88. The van der Waals surface area contributed by atoms with Gasteiger partial charge in [0.25, 0.3) is 0 Å². The summed E-state index contributed by atoms with van der Waals surface area (Å²) in [5.41, 5.74) is 0.274. The van der Waals surface area contributed by atoms with Gasteiger partial charge in [-0.2, -0.15) is 0 Å². The molecule has 0 aromatic carbocycles. The van der Waals surface area contributed by atoms with Crippen LogP contribution in [0.3, 0.4) is 0 Å². The summed E-state index contributed by atoms with van der Waals surface area (Å²) in [5.74, 6) is -0.480. The van der Waals surface area contributed by atoms with Gasteiger partial charge in [0.05, 0.1) is 25.0 Å². The van der Waals surface area contributed by atoms with Crippen molar-refractivity contribution in [1.29, 1.82) is 0 Å². The summed E-state index contributed by atoms with van der Waals surface area (Å²) in [6.45, 7) is 11.3. The zero-order valence-electron chi connectivity index (χ0n) is 8.74. The van der Waals surface area contributed by atoms with Crippen LogP contribution in [0.2, 0.25) is 0 Å². The Morgan fingerprint density at radius 1 is 1.27 bits per heavy atom. The molecule has 0 fully saturated rings. The summed E-state index contributed by atoms with van der Waals surface area (Å²) in [5, 5.41) is 0. The molecule has 0 aliphatic carbocycles. The van der Waals surface area contributed by atoms with Crippen LogP contribution < -0.4 is 0 Å². The summed E-state index contributed by atoms with van der Waals surface area (Å²) in [6, 6.07) is 0. The highest BCUT2D eigenvalue weighted by molar-refractivity contribution is 5.87. The van der Waals surface area contributed by atoms with Gasteiger partial charge in [-0.15, -0.1) is 6.58 Å². The number of esters is 1. The van der Waals surface area contributed by atoms with Crippen LogP contribution in [0.4, 0.5) is 0 Å². The van der Waals surface area contributed by atoms with Crippen molar-refractivity contribution in [2.45, 2.75) is 0 Å². The van der Waals surface area contributed by atoms with Gasteiger partial charge in [-0.1, -0.05) is 19.2 Å². The number of ether oxygens (including phenoxy) is 3. The topological polar surface area (TPSA) is 44.8 Å². The van der Waals surface area contributed by atoms with Crippen molar-refractivity contribution in [3.05, 3.63) is 37.6 Å². The molecule has 0 aliphatic rings. The van der Waals surface area contributed by atoms with Gasteiger partial charge in [0.2, 0.25) is 0 Å². The molecule has 0 spiro atoms. The summed E-state index contributed by atoms with van der Waals surface area (Å²) in [7, 11) is 0. The zero-order valence-corrected chi connectivity index (χ0v) is 8.74. The third kappa shape index (κ3) is 7.52. The van der Waals surface area contributed by atoms with E-state index in [0.29, 0.717) is 6.61 Å². The molecule has 0 aromatic heterocycles. The molecule has 0 atom stereocenters. The SMILES string of the molecule is C=CCOCC(=C)C(=O)OCCOC=C. The first-order chi connectivity index (χ1) is 7.22. The van der Waals surface area contributed by atoms with Gasteiger partial charge in [-0.25, -0.2) is 4.79 Å². The average molecular weight is 212 g/mol. The first-order valence-corrected chi connectivity index (χ1v) is 4.48. The van der Waals surface area contributed by atoms with Crippen molar-refractivity contribution in [3.63, 3.8) is 0 Å². The molecule has 4 nitrogen and oxygen atoms in total. The van der Waals surface area contributed by atoms with Gasteiger partial charge in [-0.05, 0) is 0 Å². The number of rotatable bonds is 9. The van der Waals surface area contributed by atoms with Crippen molar-refractivity contribution < 1.29 is 19.0 Å². The van der Waals surface area contributed by atoms with Gasteiger partial charge in [0.1, 0.15) is 13.2 Å². The number of hydrogen-bond acceptors (Lipinski definition) is 4. The normalized spacial score (nSPS) is 9.07. The summed E-state index contributed by atoms with van der Waals surface area (Å²) >= 11 is 0. The smallest absolute Gasteiger partial charge is 0.335 e. The molecule has 0 bridgehead atoms. The summed E-state index contributed by atoms with van der Waals surface area (Å²) < 4.78 is 14.6. The Hall–Kier alpha value is -1.55. The molecule has 0 saturated heterocycles. The van der Waals surface area contributed by atoms with Crippen molar-refractivity contribution in [2.75, 3.05) is 26.4 Å². The molecule has 0 saturated carbocycles. The van der Waals surface area contributed by atoms with Crippen molar-refractivity contribution in [1.82, 2.24) is 0 Å². The molecule has 0 amide bonds. The quantitative estimate of drug-likeness (QED) is 0.191. The van der Waals surface area contributed by atoms with Crippen molar-refractivity contribution >= 4 is 5.97 Å². The van der Waals surface area contributed by atoms with E-state index in [1.807, 2.05) is 0 Å². The highest BCUT2D eigenvalue weighted by Crippen LogP contribution is 1.96. The Morgan fingerprint density at radius 3 is 2.60 bits per heavy atom. The second-order valence-corrected chi connectivity index (χ2v) is 2.58. The van der Waals surface area contributed by atoms with Gasteiger partial charge in [0, 0.05) is 0 Å². The van der Waals surface area contributed by atoms with E-state index in [9.17, 15) is 4.79 Å². The molecule has 4 heteroatoms. The molecular formula is C11H16O4. The van der Waals surface area contributed by atoms with E-state index >= 15 is 0 Å². The van der Waals surface area contributed by atoms with Crippen LogP contribution in [-0.2, 0) is 19.0 Å². The highest BCUT2D eigenvalue weighted by Gasteiger charge is 2.07. The standard InChI is InChI=1S/C11H16O4/c1-4-6-14-9-10(3)11(12)15-8-7-13-5-2/h4-5H,1-3,6-9H2. The van der Waals surface area contributed by atoms with Gasteiger partial charge >= 0.3 is 5.97 Å². The predicted molar refractivity (Wildman–Crippen MR) is 57.3 cm³/mol. The number of hydrogen-bond donors (Lipinski definition) is 0. The minimum Gasteiger partial charge on any atom is -0.498 e. The Kier molecular flexibility index (Phi) is 8.09. The maximum absolute atomic E-state index is 11.2. The second kappa shape index (κ2) is 9.02. The van der Waals surface area contributed by atoms with E-state index in [2.05, 4.69) is 19.7 Å². The van der Waals surface area contributed by atoms with Crippen molar-refractivity contribution in [3.8, 4) is 0 Å². The van der Waals surface area contributed by atoms with E-state index in [-0.39, 0.29) is 25.4 Å². The Labute approximate surface area is 89.8 Å². The second-order valence-electron chi connectivity index (χ2n) is 2.58. The highest BCUT2D eigenvalue weighted by atomic mass is 16.6. The monoisotopic (exact) mass is 212 g/mol. The first kappa shape index (κ1) is 13.4. The maximum Gasteiger partial charge on any atom is 0.335 e. The minimum absolute atomic E-state index is 0.146. The fourth-order valence-corrected chi connectivity index (χ4v) is 0.692. The predicted octanol–water partition coefficient (Wildman–Crippen LogP) is 1.45. The molecule has 0 rings (SSSR count). The van der Waals surface area contributed by atoms with E-state index in [1.54, 1.807) is 6.08 Å². The molecule has 84 valence electrons. The average Bonchev–Trinajstić information content (AvgIpc) is 2.24. The van der Waals surface area contributed by atoms with Crippen LogP contribution in [-0.4, -0.2) is 32.4 Å². The van der Waals surface area contributed by atoms with Crippen LogP contribution in [0.25, 0.3) is 0 Å². The van der Waals surface area contributed by atoms with Crippen LogP contribution in [0.1, 0.15) is 0 Å². The van der Waals surface area contributed by atoms with Gasteiger partial charge in [-0.3, -0.25) is 0 Å². The lowest BCUT2D eigenvalue weighted by atomic mass is 10.3. The lowest BCUT2D eigenvalue weighted by molar-refractivity contribution is -0.140. The van der Waals surface area contributed by atoms with Gasteiger partial charge < -0.3 is 14.2 Å². The van der Waals surface area contributed by atoms with E-state index in [1.165, 1.54) is 6.26 Å². The fourth-order valence-electron chi connectivity index (χ4n) is 0.692. The molecular weight excluding hydrogens is 196 g/mol. The van der Waals surface area contributed by atoms with Crippen LogP contribution in [0.15, 0.2) is 37.6 Å². The molecule has 0 unspecified atom stereocenters. The van der Waals surface area contributed by atoms with E-state index in [4.69, 9.17) is 14.2 Å². The molecule has 0 N–H and O–H groups in total. The maximum atomic E-state index is 11.2. The minimum atomic E-state index is -0.480. The fraction of sp³-hybridized carbons (Fsp3) is 0.364. The Bertz CT molecular complexity index is 233. The number of carbonyl (C=O) groups is 1. The largest absolute Gasteiger partial charge is 0.498 e. The third-order valence-electron chi connectivity index (χ3n) is 1.35. The lowest BCUT2D eigenvalue weighted by Crippen LogP contribution is -2.14. The molecule has 0 aliphatic heterocycles. The zero-order chi connectivity index (χ0) is 11.5. The van der Waals surface area contributed by atoms with E-state index in [0.717, 1.165) is 0 Å². The molecule has 0 heterocycles. The van der Waals surface area contributed by atoms with Crippen LogP contribution >= 0.6 is 0 Å². The van der Waals surface area contributed by atoms with Crippen molar-refractivity contribution in [2.24, 2.45) is 0 Å². The van der Waals surface area contributed by atoms with Crippen LogP contribution in [0, 0.1) is 0 Å². The van der Waals surface area contributed by atoms with Crippen LogP contribution in [0.5, 0.6) is 0 Å². The van der Waals surface area contributed by atoms with E-state index < -0.39 is 5.97 Å². The summed E-state index contributed by atoms with van der Waals surface area (Å²) in [4.78, 5) is 11.2.